The summed E-state index contributed by atoms with van der Waals surface area (Å²) in [6.45, 7) is 14.4. The van der Waals surface area contributed by atoms with E-state index in [4.69, 9.17) is 23.7 Å². The number of unbranched alkanes of at least 4 members (excludes halogenated alkanes) is 16. The number of fused-ring (bicyclic) bond motifs is 6. The van der Waals surface area contributed by atoms with E-state index >= 15 is 0 Å². The number of carboxylic acid groups (broad SMARTS) is 1. The van der Waals surface area contributed by atoms with E-state index in [1.807, 2.05) is 0 Å². The molecule has 334 valence electrons. The van der Waals surface area contributed by atoms with Gasteiger partial charge in [-0.3, -0.25) is 4.79 Å². The average molecular weight is 829 g/mol. The minimum absolute atomic E-state index is 0.165. The first-order valence-electron chi connectivity index (χ1n) is 24.3. The number of hydrogen-bond donors (Lipinski definition) is 1. The number of rotatable bonds is 35. The van der Waals surface area contributed by atoms with Crippen molar-refractivity contribution in [2.75, 3.05) is 33.0 Å². The van der Waals surface area contributed by atoms with Gasteiger partial charge in [-0.05, 0) is 126 Å². The fourth-order valence-electron chi connectivity index (χ4n) is 8.01. The lowest BCUT2D eigenvalue weighted by Gasteiger charge is -2.21. The van der Waals surface area contributed by atoms with Crippen molar-refractivity contribution in [2.45, 2.75) is 189 Å². The molecule has 0 saturated heterocycles. The van der Waals surface area contributed by atoms with E-state index < -0.39 is 5.97 Å². The number of carboxylic acids is 1. The zero-order chi connectivity index (χ0) is 42.8. The molecule has 0 radical (unpaired) electrons. The highest BCUT2D eigenvalue weighted by Crippen LogP contribution is 2.46. The van der Waals surface area contributed by atoms with Gasteiger partial charge in [0.05, 0.1) is 33.0 Å². The molecule has 0 atom stereocenters. The van der Waals surface area contributed by atoms with Crippen molar-refractivity contribution >= 4 is 38.3 Å². The van der Waals surface area contributed by atoms with Crippen LogP contribution in [0.2, 0.25) is 0 Å². The Balaban J connectivity index is 1.96. The first-order valence-corrected chi connectivity index (χ1v) is 24.3. The van der Waals surface area contributed by atoms with Crippen LogP contribution in [0.3, 0.4) is 0 Å². The highest BCUT2D eigenvalue weighted by molar-refractivity contribution is 6.26. The molecule has 0 aliphatic heterocycles. The van der Waals surface area contributed by atoms with Gasteiger partial charge in [-0.25, -0.2) is 0 Å². The summed E-state index contributed by atoms with van der Waals surface area (Å²) in [5.41, 5.74) is 1.11. The smallest absolute Gasteiger partial charge is 0.303 e. The van der Waals surface area contributed by atoms with Gasteiger partial charge < -0.3 is 28.8 Å². The van der Waals surface area contributed by atoms with Crippen molar-refractivity contribution in [1.82, 2.24) is 0 Å². The van der Waals surface area contributed by atoms with Gasteiger partial charge in [0, 0.05) is 6.42 Å². The van der Waals surface area contributed by atoms with Crippen molar-refractivity contribution < 1.29 is 33.6 Å². The van der Waals surface area contributed by atoms with Gasteiger partial charge in [-0.15, -0.1) is 0 Å². The van der Waals surface area contributed by atoms with Crippen LogP contribution >= 0.6 is 0 Å². The van der Waals surface area contributed by atoms with Gasteiger partial charge in [-0.1, -0.05) is 131 Å². The maximum Gasteiger partial charge on any atom is 0.303 e. The summed E-state index contributed by atoms with van der Waals surface area (Å²) in [4.78, 5) is 11.4. The van der Waals surface area contributed by atoms with Gasteiger partial charge >= 0.3 is 5.97 Å². The second kappa shape index (κ2) is 28.6. The highest BCUT2D eigenvalue weighted by Gasteiger charge is 2.20. The Morgan fingerprint density at radius 2 is 0.650 bits per heavy atom. The van der Waals surface area contributed by atoms with Gasteiger partial charge in [0.1, 0.15) is 5.75 Å². The molecule has 4 aromatic carbocycles. The number of hydrogen-bond acceptors (Lipinski definition) is 6. The molecule has 4 aromatic rings. The Labute approximate surface area is 363 Å². The largest absolute Gasteiger partial charge is 0.493 e. The molecular formula is C53H80O7. The van der Waals surface area contributed by atoms with E-state index in [1.54, 1.807) is 0 Å². The highest BCUT2D eigenvalue weighted by atomic mass is 16.5. The molecule has 0 heterocycles. The molecule has 7 heteroatoms. The molecule has 0 saturated carbocycles. The van der Waals surface area contributed by atoms with Crippen molar-refractivity contribution in [3.05, 3.63) is 42.0 Å². The third-order valence-corrected chi connectivity index (χ3v) is 11.6. The Morgan fingerprint density at radius 1 is 0.367 bits per heavy atom. The normalized spacial score (nSPS) is 11.5. The minimum Gasteiger partial charge on any atom is -0.493 e. The molecule has 0 amide bonds. The van der Waals surface area contributed by atoms with Crippen LogP contribution in [-0.2, 0) is 11.2 Å². The maximum absolute atomic E-state index is 11.4. The molecule has 0 aliphatic carbocycles. The molecule has 0 fully saturated rings. The molecule has 7 nitrogen and oxygen atoms in total. The molecule has 0 bridgehead atoms. The molecule has 4 rings (SSSR count). The van der Waals surface area contributed by atoms with E-state index in [1.165, 1.54) is 64.2 Å². The zero-order valence-electron chi connectivity index (χ0n) is 38.4. The molecule has 0 aromatic heterocycles. The standard InChI is InChI=1S/C53H80O7/c1-6-11-16-23-30-56-48-36-43-42(35-41(48)28-21-22-29-53(54)55)44-37-49(57-31-24-17-12-7-2)51(59-33-26-19-14-9-4)39-46(44)47-40-52(60-34-27-20-15-10-5)50(38-45(43)47)58-32-25-18-13-8-3/h35-40H,6-34H2,1-5H3,(H,54,55). The molecular weight excluding hydrogens is 749 g/mol. The van der Waals surface area contributed by atoms with Crippen molar-refractivity contribution in [3.63, 3.8) is 0 Å². The summed E-state index contributed by atoms with van der Waals surface area (Å²) >= 11 is 0. The molecule has 1 N–H and O–H groups in total. The van der Waals surface area contributed by atoms with Crippen LogP contribution in [0.15, 0.2) is 36.4 Å². The lowest BCUT2D eigenvalue weighted by Crippen LogP contribution is -2.05. The Kier molecular flexibility index (Phi) is 23.3. The van der Waals surface area contributed by atoms with Gasteiger partial charge in [0.2, 0.25) is 0 Å². The topological polar surface area (TPSA) is 83.5 Å². The fraction of sp³-hybridized carbons (Fsp3) is 0.642. The molecule has 60 heavy (non-hydrogen) atoms. The van der Waals surface area contributed by atoms with E-state index in [9.17, 15) is 9.90 Å². The summed E-state index contributed by atoms with van der Waals surface area (Å²) in [5.74, 6) is 3.28. The first-order chi connectivity index (χ1) is 29.4. The number of carbonyl (C=O) groups is 1. The van der Waals surface area contributed by atoms with E-state index in [0.29, 0.717) is 39.5 Å². The third-order valence-electron chi connectivity index (χ3n) is 11.6. The van der Waals surface area contributed by atoms with Gasteiger partial charge in [-0.2, -0.15) is 0 Å². The van der Waals surface area contributed by atoms with Crippen molar-refractivity contribution in [3.8, 4) is 28.7 Å². The average Bonchev–Trinajstić information content (AvgIpc) is 3.25. The predicted molar refractivity (Wildman–Crippen MR) is 252 cm³/mol. The van der Waals surface area contributed by atoms with Crippen molar-refractivity contribution in [2.24, 2.45) is 0 Å². The van der Waals surface area contributed by atoms with E-state index in [0.717, 1.165) is 144 Å². The van der Waals surface area contributed by atoms with Crippen LogP contribution in [0.5, 0.6) is 28.7 Å². The van der Waals surface area contributed by atoms with E-state index in [-0.39, 0.29) is 6.42 Å². The Bertz CT molecular complexity index is 1780. The van der Waals surface area contributed by atoms with Crippen LogP contribution < -0.4 is 23.7 Å². The van der Waals surface area contributed by atoms with Crippen LogP contribution in [0.4, 0.5) is 0 Å². The molecule has 0 unspecified atom stereocenters. The van der Waals surface area contributed by atoms with Crippen LogP contribution in [0.1, 0.15) is 188 Å². The van der Waals surface area contributed by atoms with Gasteiger partial charge in [0.15, 0.2) is 23.0 Å². The van der Waals surface area contributed by atoms with Crippen LogP contribution in [0, 0.1) is 0 Å². The summed E-state index contributed by atoms with van der Waals surface area (Å²) < 4.78 is 33.2. The Morgan fingerprint density at radius 3 is 0.950 bits per heavy atom. The molecule has 0 aliphatic rings. The third kappa shape index (κ3) is 15.9. The maximum atomic E-state index is 11.4. The SMILES string of the molecule is CCCCCCOc1cc2c(cc1CCCCC(=O)O)c1cc(OCCCCCC)c(OCCCCCC)cc1c1cc(OCCCCCC)c(OCCCCCC)cc21. The monoisotopic (exact) mass is 829 g/mol. The van der Waals surface area contributed by atoms with Crippen molar-refractivity contribution in [1.29, 1.82) is 0 Å². The lowest BCUT2D eigenvalue weighted by molar-refractivity contribution is -0.137. The lowest BCUT2D eigenvalue weighted by atomic mass is 9.91. The quantitative estimate of drug-likeness (QED) is 0.0365. The summed E-state index contributed by atoms with van der Waals surface area (Å²) in [6, 6.07) is 13.4. The van der Waals surface area contributed by atoms with Crippen LogP contribution in [0.25, 0.3) is 32.3 Å². The summed E-state index contributed by atoms with van der Waals surface area (Å²) in [7, 11) is 0. The zero-order valence-corrected chi connectivity index (χ0v) is 38.4. The minimum atomic E-state index is -0.753. The second-order valence-electron chi connectivity index (χ2n) is 16.8. The molecule has 0 spiro atoms. The van der Waals surface area contributed by atoms with Crippen LogP contribution in [-0.4, -0.2) is 44.1 Å². The number of aryl methyl sites for hydroxylation is 1. The first kappa shape index (κ1) is 48.8. The van der Waals surface area contributed by atoms with E-state index in [2.05, 4.69) is 71.0 Å². The summed E-state index contributed by atoms with van der Waals surface area (Å²) in [6.07, 6.45) is 24.9. The fourth-order valence-corrected chi connectivity index (χ4v) is 8.01. The number of aliphatic carboxylic acids is 1. The Hall–Kier alpha value is -3.87. The van der Waals surface area contributed by atoms with Gasteiger partial charge in [0.25, 0.3) is 0 Å². The number of ether oxygens (including phenoxy) is 5. The second-order valence-corrected chi connectivity index (χ2v) is 16.8. The predicted octanol–water partition coefficient (Wildman–Crippen LogP) is 15.7. The number of benzene rings is 4. The summed E-state index contributed by atoms with van der Waals surface area (Å²) in [5, 5.41) is 16.0.